The van der Waals surface area contributed by atoms with E-state index in [9.17, 15) is 0 Å². The minimum Gasteiger partial charge on any atom is -0.315 e. The molecular weight excluding hydrogens is 208 g/mol. The number of hydrogen-bond acceptors (Lipinski definition) is 2. The summed E-state index contributed by atoms with van der Waals surface area (Å²) in [7, 11) is 0. The van der Waals surface area contributed by atoms with Crippen molar-refractivity contribution in [2.75, 3.05) is 13.1 Å². The van der Waals surface area contributed by atoms with Crippen molar-refractivity contribution in [2.45, 2.75) is 44.7 Å². The van der Waals surface area contributed by atoms with Crippen LogP contribution < -0.4 is 10.6 Å². The van der Waals surface area contributed by atoms with Crippen molar-refractivity contribution in [3.63, 3.8) is 0 Å². The highest BCUT2D eigenvalue weighted by atomic mass is 15.1. The zero-order chi connectivity index (χ0) is 12.4. The van der Waals surface area contributed by atoms with Crippen molar-refractivity contribution in [1.29, 1.82) is 0 Å². The SMILES string of the molecule is CC(C)(C)NC1(c2ccccc2)CCCNC1. The first kappa shape index (κ1) is 12.6. The molecule has 2 heteroatoms. The van der Waals surface area contributed by atoms with Gasteiger partial charge >= 0.3 is 0 Å². The van der Waals surface area contributed by atoms with E-state index in [2.05, 4.69) is 61.7 Å². The van der Waals surface area contributed by atoms with E-state index in [1.54, 1.807) is 0 Å². The Morgan fingerprint density at radius 1 is 1.18 bits per heavy atom. The summed E-state index contributed by atoms with van der Waals surface area (Å²) >= 11 is 0. The molecule has 1 atom stereocenters. The predicted octanol–water partition coefficient (Wildman–Crippen LogP) is 2.65. The molecule has 1 aliphatic heterocycles. The lowest BCUT2D eigenvalue weighted by Gasteiger charge is -2.44. The molecule has 2 N–H and O–H groups in total. The molecule has 94 valence electrons. The Kier molecular flexibility index (Phi) is 3.55. The van der Waals surface area contributed by atoms with Gasteiger partial charge in [0.15, 0.2) is 0 Å². The topological polar surface area (TPSA) is 24.1 Å². The van der Waals surface area contributed by atoms with E-state index in [0.717, 1.165) is 13.1 Å². The third-order valence-electron chi connectivity index (χ3n) is 3.32. The summed E-state index contributed by atoms with van der Waals surface area (Å²) in [6, 6.07) is 10.8. The highest BCUT2D eigenvalue weighted by Crippen LogP contribution is 2.30. The third-order valence-corrected chi connectivity index (χ3v) is 3.32. The second kappa shape index (κ2) is 4.79. The molecule has 1 aliphatic rings. The van der Waals surface area contributed by atoms with Gasteiger partial charge in [0.25, 0.3) is 0 Å². The van der Waals surface area contributed by atoms with Gasteiger partial charge in [0.1, 0.15) is 0 Å². The Morgan fingerprint density at radius 2 is 1.88 bits per heavy atom. The van der Waals surface area contributed by atoms with E-state index in [4.69, 9.17) is 0 Å². The fourth-order valence-electron chi connectivity index (χ4n) is 2.81. The van der Waals surface area contributed by atoms with Gasteiger partial charge in [-0.3, -0.25) is 0 Å². The van der Waals surface area contributed by atoms with Crippen molar-refractivity contribution < 1.29 is 0 Å². The first-order valence-corrected chi connectivity index (χ1v) is 6.57. The Labute approximate surface area is 105 Å². The fourth-order valence-corrected chi connectivity index (χ4v) is 2.81. The molecule has 0 spiro atoms. The first-order chi connectivity index (χ1) is 8.02. The van der Waals surface area contributed by atoms with Crippen LogP contribution in [0.25, 0.3) is 0 Å². The summed E-state index contributed by atoms with van der Waals surface area (Å²) < 4.78 is 0. The maximum absolute atomic E-state index is 3.83. The summed E-state index contributed by atoms with van der Waals surface area (Å²) in [5, 5.41) is 7.36. The smallest absolute Gasteiger partial charge is 0.0565 e. The molecule has 0 bridgehead atoms. The Morgan fingerprint density at radius 3 is 2.41 bits per heavy atom. The van der Waals surface area contributed by atoms with Crippen LogP contribution in [-0.4, -0.2) is 18.6 Å². The summed E-state index contributed by atoms with van der Waals surface area (Å²) in [6.07, 6.45) is 2.44. The largest absolute Gasteiger partial charge is 0.315 e. The van der Waals surface area contributed by atoms with E-state index < -0.39 is 0 Å². The Balaban J connectivity index is 2.30. The van der Waals surface area contributed by atoms with E-state index in [0.29, 0.717) is 0 Å². The maximum atomic E-state index is 3.83. The van der Waals surface area contributed by atoms with Crippen molar-refractivity contribution in [3.05, 3.63) is 35.9 Å². The zero-order valence-corrected chi connectivity index (χ0v) is 11.2. The minimum absolute atomic E-state index is 0.0950. The maximum Gasteiger partial charge on any atom is 0.0565 e. The van der Waals surface area contributed by atoms with E-state index in [1.165, 1.54) is 18.4 Å². The first-order valence-electron chi connectivity index (χ1n) is 6.57. The van der Waals surface area contributed by atoms with E-state index >= 15 is 0 Å². The van der Waals surface area contributed by atoms with Crippen LogP contribution in [0.5, 0.6) is 0 Å². The monoisotopic (exact) mass is 232 g/mol. The van der Waals surface area contributed by atoms with Crippen molar-refractivity contribution >= 4 is 0 Å². The molecule has 1 heterocycles. The zero-order valence-electron chi connectivity index (χ0n) is 11.2. The molecular formula is C15H24N2. The van der Waals surface area contributed by atoms with Gasteiger partial charge in [-0.2, -0.15) is 0 Å². The molecule has 0 aromatic heterocycles. The van der Waals surface area contributed by atoms with Crippen LogP contribution in [-0.2, 0) is 5.54 Å². The molecule has 1 fully saturated rings. The highest BCUT2D eigenvalue weighted by molar-refractivity contribution is 5.26. The van der Waals surface area contributed by atoms with Gasteiger partial charge < -0.3 is 10.6 Å². The molecule has 17 heavy (non-hydrogen) atoms. The van der Waals surface area contributed by atoms with Gasteiger partial charge in [0.05, 0.1) is 5.54 Å². The molecule has 1 saturated heterocycles. The molecule has 0 aliphatic carbocycles. The second-order valence-corrected chi connectivity index (χ2v) is 6.10. The van der Waals surface area contributed by atoms with Gasteiger partial charge in [-0.25, -0.2) is 0 Å². The van der Waals surface area contributed by atoms with E-state index in [-0.39, 0.29) is 11.1 Å². The lowest BCUT2D eigenvalue weighted by molar-refractivity contribution is 0.194. The van der Waals surface area contributed by atoms with Crippen LogP contribution in [0, 0.1) is 0 Å². The third kappa shape index (κ3) is 3.08. The van der Waals surface area contributed by atoms with Crippen LogP contribution in [0.2, 0.25) is 0 Å². The highest BCUT2D eigenvalue weighted by Gasteiger charge is 2.36. The average molecular weight is 232 g/mol. The molecule has 1 aromatic carbocycles. The predicted molar refractivity (Wildman–Crippen MR) is 73.1 cm³/mol. The van der Waals surface area contributed by atoms with Gasteiger partial charge in [0, 0.05) is 12.1 Å². The number of hydrogen-bond donors (Lipinski definition) is 2. The molecule has 1 aromatic rings. The minimum atomic E-state index is 0.0950. The summed E-state index contributed by atoms with van der Waals surface area (Å²) in [4.78, 5) is 0. The number of piperidine rings is 1. The molecule has 1 unspecified atom stereocenters. The second-order valence-electron chi connectivity index (χ2n) is 6.10. The van der Waals surface area contributed by atoms with Crippen LogP contribution in [0.15, 0.2) is 30.3 Å². The van der Waals surface area contributed by atoms with E-state index in [1.807, 2.05) is 0 Å². The van der Waals surface area contributed by atoms with Crippen LogP contribution in [0.1, 0.15) is 39.2 Å². The normalized spacial score (nSPS) is 25.8. The number of rotatable bonds is 2. The van der Waals surface area contributed by atoms with Gasteiger partial charge in [0.2, 0.25) is 0 Å². The van der Waals surface area contributed by atoms with Gasteiger partial charge in [-0.1, -0.05) is 30.3 Å². The van der Waals surface area contributed by atoms with Crippen molar-refractivity contribution in [2.24, 2.45) is 0 Å². The summed E-state index contributed by atoms with van der Waals surface area (Å²) in [5.74, 6) is 0. The number of nitrogens with one attached hydrogen (secondary N) is 2. The van der Waals surface area contributed by atoms with Gasteiger partial charge in [-0.05, 0) is 45.7 Å². The molecule has 0 saturated carbocycles. The molecule has 2 rings (SSSR count). The summed E-state index contributed by atoms with van der Waals surface area (Å²) in [5.41, 5.74) is 1.63. The van der Waals surface area contributed by atoms with Crippen LogP contribution >= 0.6 is 0 Å². The quantitative estimate of drug-likeness (QED) is 0.819. The number of benzene rings is 1. The van der Waals surface area contributed by atoms with Crippen molar-refractivity contribution in [3.8, 4) is 0 Å². The molecule has 2 nitrogen and oxygen atoms in total. The molecule has 0 radical (unpaired) electrons. The average Bonchev–Trinajstić information content (AvgIpc) is 2.29. The lowest BCUT2D eigenvalue weighted by Crippen LogP contribution is -2.58. The van der Waals surface area contributed by atoms with Crippen LogP contribution in [0.4, 0.5) is 0 Å². The lowest BCUT2D eigenvalue weighted by atomic mass is 9.81. The van der Waals surface area contributed by atoms with Crippen molar-refractivity contribution in [1.82, 2.24) is 10.6 Å². The van der Waals surface area contributed by atoms with Crippen LogP contribution in [0.3, 0.4) is 0 Å². The Bertz CT molecular complexity index is 345. The fraction of sp³-hybridized carbons (Fsp3) is 0.600. The standard InChI is InChI=1S/C15H24N2/c1-14(2,3)17-15(10-7-11-16-12-15)13-8-5-4-6-9-13/h4-6,8-9,16-17H,7,10-12H2,1-3H3. The summed E-state index contributed by atoms with van der Waals surface area (Å²) in [6.45, 7) is 8.89. The van der Waals surface area contributed by atoms with Gasteiger partial charge in [-0.15, -0.1) is 0 Å². The molecule has 0 amide bonds. The Hall–Kier alpha value is -0.860.